The van der Waals surface area contributed by atoms with Gasteiger partial charge in [-0.05, 0) is 56.2 Å². The Kier molecular flexibility index (Phi) is 4.98. The fourth-order valence-corrected chi connectivity index (χ4v) is 2.72. The number of hydrogen-bond donors (Lipinski definition) is 2. The summed E-state index contributed by atoms with van der Waals surface area (Å²) in [6.07, 6.45) is 0.881. The molecule has 136 valence electrons. The van der Waals surface area contributed by atoms with E-state index >= 15 is 0 Å². The Morgan fingerprint density at radius 3 is 2.46 bits per heavy atom. The highest BCUT2D eigenvalue weighted by Gasteiger charge is 2.28. The standard InChI is InChI=1S/C21H24N2O3/c1-4-21(2,3)23-19(24)14-9-11-16(12-10-14)22-20(25)18-13-15-7-5-6-8-17(15)26-18/h5-12,18H,4,13H2,1-3H3,(H,22,25)(H,23,24). The second-order valence-corrected chi connectivity index (χ2v) is 7.18. The Hall–Kier alpha value is -2.82. The molecule has 2 N–H and O–H groups in total. The summed E-state index contributed by atoms with van der Waals surface area (Å²) in [5.74, 6) is 0.452. The third-order valence-corrected chi connectivity index (χ3v) is 4.69. The molecule has 1 unspecified atom stereocenters. The van der Waals surface area contributed by atoms with Gasteiger partial charge in [0.15, 0.2) is 6.10 Å². The van der Waals surface area contributed by atoms with Gasteiger partial charge in [0.2, 0.25) is 0 Å². The molecule has 0 aliphatic carbocycles. The summed E-state index contributed by atoms with van der Waals surface area (Å²) < 4.78 is 5.69. The number of carbonyl (C=O) groups excluding carboxylic acids is 2. The molecule has 0 saturated heterocycles. The van der Waals surface area contributed by atoms with E-state index in [-0.39, 0.29) is 17.4 Å². The number of benzene rings is 2. The Bertz CT molecular complexity index is 787. The molecule has 0 aromatic heterocycles. The lowest BCUT2D eigenvalue weighted by atomic mass is 10.0. The maximum absolute atomic E-state index is 12.4. The molecule has 0 bridgehead atoms. The first-order chi connectivity index (χ1) is 12.4. The first-order valence-corrected chi connectivity index (χ1v) is 8.86. The zero-order chi connectivity index (χ0) is 18.7. The van der Waals surface area contributed by atoms with Crippen molar-refractivity contribution >= 4 is 17.5 Å². The molecule has 1 heterocycles. The molecular formula is C21H24N2O3. The monoisotopic (exact) mass is 352 g/mol. The summed E-state index contributed by atoms with van der Waals surface area (Å²) in [4.78, 5) is 24.7. The van der Waals surface area contributed by atoms with Crippen LogP contribution in [0.3, 0.4) is 0 Å². The van der Waals surface area contributed by atoms with Crippen molar-refractivity contribution in [2.24, 2.45) is 0 Å². The maximum Gasteiger partial charge on any atom is 0.265 e. The van der Waals surface area contributed by atoms with Crippen LogP contribution >= 0.6 is 0 Å². The average molecular weight is 352 g/mol. The van der Waals surface area contributed by atoms with Crippen molar-refractivity contribution in [3.8, 4) is 5.75 Å². The molecule has 0 spiro atoms. The Labute approximate surface area is 153 Å². The van der Waals surface area contributed by atoms with Gasteiger partial charge >= 0.3 is 0 Å². The van der Waals surface area contributed by atoms with Gasteiger partial charge in [0.1, 0.15) is 5.75 Å². The Morgan fingerprint density at radius 2 is 1.81 bits per heavy atom. The zero-order valence-electron chi connectivity index (χ0n) is 15.3. The quantitative estimate of drug-likeness (QED) is 0.865. The van der Waals surface area contributed by atoms with E-state index in [1.165, 1.54) is 0 Å². The van der Waals surface area contributed by atoms with Gasteiger partial charge in [-0.25, -0.2) is 0 Å². The fraction of sp³-hybridized carbons (Fsp3) is 0.333. The van der Waals surface area contributed by atoms with Gasteiger partial charge in [0.25, 0.3) is 11.8 Å². The fourth-order valence-electron chi connectivity index (χ4n) is 2.72. The van der Waals surface area contributed by atoms with Crippen LogP contribution in [-0.4, -0.2) is 23.5 Å². The molecule has 1 atom stereocenters. The normalized spacial score (nSPS) is 15.7. The number of nitrogens with one attached hydrogen (secondary N) is 2. The van der Waals surface area contributed by atoms with Gasteiger partial charge < -0.3 is 15.4 Å². The van der Waals surface area contributed by atoms with E-state index in [1.54, 1.807) is 24.3 Å². The lowest BCUT2D eigenvalue weighted by Crippen LogP contribution is -2.42. The van der Waals surface area contributed by atoms with Gasteiger partial charge in [-0.15, -0.1) is 0 Å². The number of anilines is 1. The van der Waals surface area contributed by atoms with E-state index < -0.39 is 6.10 Å². The van der Waals surface area contributed by atoms with E-state index in [2.05, 4.69) is 10.6 Å². The third kappa shape index (κ3) is 4.04. The molecule has 1 aliphatic rings. The van der Waals surface area contributed by atoms with Crippen LogP contribution in [0.2, 0.25) is 0 Å². The highest BCUT2D eigenvalue weighted by atomic mass is 16.5. The van der Waals surface area contributed by atoms with Gasteiger partial charge in [-0.1, -0.05) is 25.1 Å². The van der Waals surface area contributed by atoms with Crippen molar-refractivity contribution in [2.45, 2.75) is 45.3 Å². The van der Waals surface area contributed by atoms with Crippen molar-refractivity contribution in [1.29, 1.82) is 0 Å². The summed E-state index contributed by atoms with van der Waals surface area (Å²) in [5.41, 5.74) is 1.99. The van der Waals surface area contributed by atoms with Gasteiger partial charge in [-0.3, -0.25) is 9.59 Å². The van der Waals surface area contributed by atoms with E-state index in [4.69, 9.17) is 4.74 Å². The number of hydrogen-bond acceptors (Lipinski definition) is 3. The molecule has 5 nitrogen and oxygen atoms in total. The van der Waals surface area contributed by atoms with Crippen LogP contribution in [0.1, 0.15) is 43.1 Å². The second-order valence-electron chi connectivity index (χ2n) is 7.18. The van der Waals surface area contributed by atoms with Gasteiger partial charge in [0.05, 0.1) is 0 Å². The second kappa shape index (κ2) is 7.20. The number of fused-ring (bicyclic) bond motifs is 1. The first-order valence-electron chi connectivity index (χ1n) is 8.86. The summed E-state index contributed by atoms with van der Waals surface area (Å²) in [5, 5.41) is 5.84. The average Bonchev–Trinajstić information content (AvgIpc) is 3.06. The lowest BCUT2D eigenvalue weighted by molar-refractivity contribution is -0.122. The van der Waals surface area contributed by atoms with Crippen molar-refractivity contribution in [3.05, 3.63) is 59.7 Å². The van der Waals surface area contributed by atoms with E-state index in [9.17, 15) is 9.59 Å². The molecule has 2 aromatic carbocycles. The Morgan fingerprint density at radius 1 is 1.12 bits per heavy atom. The maximum atomic E-state index is 12.4. The molecule has 2 aromatic rings. The highest BCUT2D eigenvalue weighted by molar-refractivity contribution is 5.97. The third-order valence-electron chi connectivity index (χ3n) is 4.69. The number of rotatable bonds is 5. The predicted octanol–water partition coefficient (Wildman–Crippen LogP) is 3.55. The predicted molar refractivity (Wildman–Crippen MR) is 101 cm³/mol. The summed E-state index contributed by atoms with van der Waals surface area (Å²) >= 11 is 0. The Balaban J connectivity index is 1.60. The molecule has 0 radical (unpaired) electrons. The molecule has 0 saturated carbocycles. The summed E-state index contributed by atoms with van der Waals surface area (Å²) in [6, 6.07) is 14.5. The van der Waals surface area contributed by atoms with Gasteiger partial charge in [-0.2, -0.15) is 0 Å². The van der Waals surface area contributed by atoms with Crippen LogP contribution in [0.4, 0.5) is 5.69 Å². The van der Waals surface area contributed by atoms with Crippen molar-refractivity contribution in [3.63, 3.8) is 0 Å². The molecule has 0 fully saturated rings. The first kappa shape index (κ1) is 18.0. The zero-order valence-corrected chi connectivity index (χ0v) is 15.3. The van der Waals surface area contributed by atoms with Crippen LogP contribution < -0.4 is 15.4 Å². The number of ether oxygens (including phenoxy) is 1. The molecule has 5 heteroatoms. The largest absolute Gasteiger partial charge is 0.480 e. The smallest absolute Gasteiger partial charge is 0.265 e. The number of amides is 2. The van der Waals surface area contributed by atoms with E-state index in [0.29, 0.717) is 17.7 Å². The summed E-state index contributed by atoms with van der Waals surface area (Å²) in [7, 11) is 0. The minimum absolute atomic E-state index is 0.121. The molecule has 2 amide bonds. The lowest BCUT2D eigenvalue weighted by Gasteiger charge is -2.24. The van der Waals surface area contributed by atoms with Gasteiger partial charge in [0, 0.05) is 23.2 Å². The van der Waals surface area contributed by atoms with E-state index in [1.807, 2.05) is 45.0 Å². The SMILES string of the molecule is CCC(C)(C)NC(=O)c1ccc(NC(=O)C2Cc3ccccc3O2)cc1. The van der Waals surface area contributed by atoms with E-state index in [0.717, 1.165) is 17.7 Å². The van der Waals surface area contributed by atoms with Crippen LogP contribution in [-0.2, 0) is 11.2 Å². The molecule has 26 heavy (non-hydrogen) atoms. The number of para-hydroxylation sites is 1. The van der Waals surface area contributed by atoms with Crippen molar-refractivity contribution in [2.75, 3.05) is 5.32 Å². The van der Waals surface area contributed by atoms with Crippen molar-refractivity contribution < 1.29 is 14.3 Å². The van der Waals surface area contributed by atoms with Crippen LogP contribution in [0.5, 0.6) is 5.75 Å². The minimum Gasteiger partial charge on any atom is -0.480 e. The molecule has 3 rings (SSSR count). The molecular weight excluding hydrogens is 328 g/mol. The highest BCUT2D eigenvalue weighted by Crippen LogP contribution is 2.28. The molecule has 1 aliphatic heterocycles. The van der Waals surface area contributed by atoms with Crippen LogP contribution in [0, 0.1) is 0 Å². The number of carbonyl (C=O) groups is 2. The summed E-state index contributed by atoms with van der Waals surface area (Å²) in [6.45, 7) is 6.00. The minimum atomic E-state index is -0.527. The van der Waals surface area contributed by atoms with Crippen LogP contribution in [0.15, 0.2) is 48.5 Å². The van der Waals surface area contributed by atoms with Crippen LogP contribution in [0.25, 0.3) is 0 Å². The topological polar surface area (TPSA) is 67.4 Å². The van der Waals surface area contributed by atoms with Crippen molar-refractivity contribution in [1.82, 2.24) is 5.32 Å².